The molecule has 3 heteroatoms. The first-order valence-electron chi connectivity index (χ1n) is 4.40. The van der Waals surface area contributed by atoms with E-state index >= 15 is 0 Å². The molecule has 1 rings (SSSR count). The second kappa shape index (κ2) is 2.96. The SMILES string of the molecule is CC1(C)CC(N)(CC(O)CF)C1. The van der Waals surface area contributed by atoms with Crippen LogP contribution in [0.25, 0.3) is 0 Å². The van der Waals surface area contributed by atoms with Gasteiger partial charge in [0.1, 0.15) is 6.67 Å². The molecule has 72 valence electrons. The first-order chi connectivity index (χ1) is 5.37. The molecule has 1 unspecified atom stereocenters. The predicted octanol–water partition coefficient (Wildman–Crippen LogP) is 1.22. The van der Waals surface area contributed by atoms with Gasteiger partial charge in [-0.2, -0.15) is 0 Å². The van der Waals surface area contributed by atoms with Crippen LogP contribution >= 0.6 is 0 Å². The fraction of sp³-hybridized carbons (Fsp3) is 1.00. The van der Waals surface area contributed by atoms with Crippen LogP contribution in [0.2, 0.25) is 0 Å². The highest BCUT2D eigenvalue weighted by Gasteiger charge is 2.46. The summed E-state index contributed by atoms with van der Waals surface area (Å²) in [5.41, 5.74) is 5.90. The van der Waals surface area contributed by atoms with E-state index in [-0.39, 0.29) is 11.0 Å². The largest absolute Gasteiger partial charge is 0.390 e. The Labute approximate surface area is 73.0 Å². The van der Waals surface area contributed by atoms with E-state index in [4.69, 9.17) is 10.8 Å². The molecule has 1 atom stereocenters. The zero-order valence-electron chi connectivity index (χ0n) is 7.81. The summed E-state index contributed by atoms with van der Waals surface area (Å²) < 4.78 is 12.0. The van der Waals surface area contributed by atoms with Crippen LogP contribution in [0.4, 0.5) is 4.39 Å². The predicted molar refractivity (Wildman–Crippen MR) is 46.5 cm³/mol. The summed E-state index contributed by atoms with van der Waals surface area (Å²) in [5, 5.41) is 9.07. The van der Waals surface area contributed by atoms with Gasteiger partial charge in [0.25, 0.3) is 0 Å². The molecule has 2 nitrogen and oxygen atoms in total. The van der Waals surface area contributed by atoms with Gasteiger partial charge in [-0.05, 0) is 24.7 Å². The third kappa shape index (κ3) is 2.17. The zero-order chi connectivity index (χ0) is 9.41. The summed E-state index contributed by atoms with van der Waals surface area (Å²) in [7, 11) is 0. The molecule has 12 heavy (non-hydrogen) atoms. The first-order valence-corrected chi connectivity index (χ1v) is 4.40. The molecule has 0 radical (unpaired) electrons. The lowest BCUT2D eigenvalue weighted by Crippen LogP contribution is -2.57. The van der Waals surface area contributed by atoms with Crippen LogP contribution in [0, 0.1) is 5.41 Å². The van der Waals surface area contributed by atoms with Gasteiger partial charge in [-0.1, -0.05) is 13.8 Å². The average molecular weight is 175 g/mol. The van der Waals surface area contributed by atoms with Crippen LogP contribution in [0.15, 0.2) is 0 Å². The molecule has 3 N–H and O–H groups in total. The van der Waals surface area contributed by atoms with E-state index in [1.54, 1.807) is 0 Å². The second-order valence-electron chi connectivity index (χ2n) is 4.89. The fourth-order valence-corrected chi connectivity index (χ4v) is 2.52. The lowest BCUT2D eigenvalue weighted by Gasteiger charge is -2.51. The quantitative estimate of drug-likeness (QED) is 0.677. The Morgan fingerprint density at radius 1 is 1.50 bits per heavy atom. The molecule has 1 aliphatic carbocycles. The van der Waals surface area contributed by atoms with Crippen molar-refractivity contribution in [1.29, 1.82) is 0 Å². The number of hydrogen-bond donors (Lipinski definition) is 2. The van der Waals surface area contributed by atoms with Crippen molar-refractivity contribution in [2.24, 2.45) is 11.1 Å². The lowest BCUT2D eigenvalue weighted by atomic mass is 9.58. The Morgan fingerprint density at radius 2 is 2.00 bits per heavy atom. The van der Waals surface area contributed by atoms with E-state index in [1.807, 2.05) is 0 Å². The highest BCUT2D eigenvalue weighted by molar-refractivity contribution is 5.04. The van der Waals surface area contributed by atoms with Gasteiger partial charge in [-0.3, -0.25) is 0 Å². The van der Waals surface area contributed by atoms with E-state index < -0.39 is 12.8 Å². The highest BCUT2D eigenvalue weighted by Crippen LogP contribution is 2.48. The van der Waals surface area contributed by atoms with Crippen LogP contribution in [0.3, 0.4) is 0 Å². The summed E-state index contributed by atoms with van der Waals surface area (Å²) in [6, 6.07) is 0. The molecular formula is C9H18FNO. The van der Waals surface area contributed by atoms with Gasteiger partial charge in [0.05, 0.1) is 6.10 Å². The van der Waals surface area contributed by atoms with Gasteiger partial charge >= 0.3 is 0 Å². The molecule has 0 spiro atoms. The van der Waals surface area contributed by atoms with Crippen LogP contribution in [-0.4, -0.2) is 23.4 Å². The highest BCUT2D eigenvalue weighted by atomic mass is 19.1. The van der Waals surface area contributed by atoms with Gasteiger partial charge in [-0.15, -0.1) is 0 Å². The standard InChI is InChI=1S/C9H18FNO/c1-8(2)5-9(11,6-8)3-7(12)4-10/h7,12H,3-6,11H2,1-2H3. The maximum atomic E-state index is 12.0. The van der Waals surface area contributed by atoms with E-state index in [0.29, 0.717) is 6.42 Å². The molecule has 1 aliphatic rings. The maximum absolute atomic E-state index is 12.0. The van der Waals surface area contributed by atoms with Crippen molar-refractivity contribution in [3.8, 4) is 0 Å². The minimum Gasteiger partial charge on any atom is -0.390 e. The molecule has 0 amide bonds. The number of hydrogen-bond acceptors (Lipinski definition) is 2. The van der Waals surface area contributed by atoms with Crippen LogP contribution in [0.5, 0.6) is 0 Å². The van der Waals surface area contributed by atoms with Gasteiger partial charge in [0.15, 0.2) is 0 Å². The van der Waals surface area contributed by atoms with Crippen molar-refractivity contribution in [2.45, 2.75) is 44.8 Å². The molecule has 0 aliphatic heterocycles. The number of aliphatic hydroxyl groups excluding tert-OH is 1. The smallest absolute Gasteiger partial charge is 0.115 e. The number of alkyl halides is 1. The lowest BCUT2D eigenvalue weighted by molar-refractivity contribution is 0.0105. The Kier molecular flexibility index (Phi) is 2.45. The maximum Gasteiger partial charge on any atom is 0.115 e. The van der Waals surface area contributed by atoms with Crippen molar-refractivity contribution < 1.29 is 9.50 Å². The molecule has 0 aromatic carbocycles. The summed E-state index contributed by atoms with van der Waals surface area (Å²) in [5.74, 6) is 0. The molecular weight excluding hydrogens is 157 g/mol. The number of halogens is 1. The molecule has 1 fully saturated rings. The molecule has 0 aromatic heterocycles. The molecule has 0 saturated heterocycles. The van der Waals surface area contributed by atoms with Crippen LogP contribution in [0.1, 0.15) is 33.1 Å². The minimum absolute atomic E-state index is 0.283. The molecule has 0 bridgehead atoms. The molecule has 0 heterocycles. The Morgan fingerprint density at radius 3 is 2.33 bits per heavy atom. The van der Waals surface area contributed by atoms with Crippen molar-refractivity contribution >= 4 is 0 Å². The van der Waals surface area contributed by atoms with Crippen molar-refractivity contribution in [2.75, 3.05) is 6.67 Å². The normalized spacial score (nSPS) is 27.8. The number of rotatable bonds is 3. The molecule has 0 aromatic rings. The summed E-state index contributed by atoms with van der Waals surface area (Å²) in [6.45, 7) is 3.60. The van der Waals surface area contributed by atoms with Gasteiger partial charge < -0.3 is 10.8 Å². The number of nitrogens with two attached hydrogens (primary N) is 1. The van der Waals surface area contributed by atoms with E-state index in [9.17, 15) is 4.39 Å². The van der Waals surface area contributed by atoms with Crippen LogP contribution in [-0.2, 0) is 0 Å². The van der Waals surface area contributed by atoms with Gasteiger partial charge in [0, 0.05) is 5.54 Å². The third-order valence-corrected chi connectivity index (χ3v) is 2.48. The Bertz CT molecular complexity index is 162. The van der Waals surface area contributed by atoms with Crippen molar-refractivity contribution in [1.82, 2.24) is 0 Å². The third-order valence-electron chi connectivity index (χ3n) is 2.48. The topological polar surface area (TPSA) is 46.2 Å². The van der Waals surface area contributed by atoms with Gasteiger partial charge in [-0.25, -0.2) is 4.39 Å². The van der Waals surface area contributed by atoms with E-state index in [1.165, 1.54) is 0 Å². The van der Waals surface area contributed by atoms with E-state index in [0.717, 1.165) is 12.8 Å². The zero-order valence-corrected chi connectivity index (χ0v) is 7.81. The minimum atomic E-state index is -0.869. The summed E-state index contributed by atoms with van der Waals surface area (Å²) in [6.07, 6.45) is 1.30. The monoisotopic (exact) mass is 175 g/mol. The van der Waals surface area contributed by atoms with Crippen LogP contribution < -0.4 is 5.73 Å². The van der Waals surface area contributed by atoms with E-state index in [2.05, 4.69) is 13.8 Å². The molecule has 1 saturated carbocycles. The summed E-state index contributed by atoms with van der Waals surface area (Å²) in [4.78, 5) is 0. The summed E-state index contributed by atoms with van der Waals surface area (Å²) >= 11 is 0. The van der Waals surface area contributed by atoms with Gasteiger partial charge in [0.2, 0.25) is 0 Å². The number of aliphatic hydroxyl groups is 1. The second-order valence-corrected chi connectivity index (χ2v) is 4.89. The van der Waals surface area contributed by atoms with Crippen molar-refractivity contribution in [3.63, 3.8) is 0 Å². The average Bonchev–Trinajstić information content (AvgIpc) is 1.82. The Balaban J connectivity index is 2.35. The van der Waals surface area contributed by atoms with Crippen molar-refractivity contribution in [3.05, 3.63) is 0 Å². The fourth-order valence-electron chi connectivity index (χ4n) is 2.52. The first kappa shape index (κ1) is 9.93. The Hall–Kier alpha value is -0.150.